The largest absolute Gasteiger partial charge is 0.306 e. The first-order chi connectivity index (χ1) is 26.6. The smallest absolute Gasteiger partial charge is 0.0945 e. The number of allylic oxidation sites excluding steroid dienone is 6. The molecular formula is C51H38N2S. The van der Waals surface area contributed by atoms with Gasteiger partial charge in [0.2, 0.25) is 0 Å². The van der Waals surface area contributed by atoms with E-state index in [-0.39, 0.29) is 0 Å². The fraction of sp³-hybridized carbons (Fsp3) is 0.118. The van der Waals surface area contributed by atoms with E-state index in [1.165, 1.54) is 97.0 Å². The van der Waals surface area contributed by atoms with Gasteiger partial charge in [-0.1, -0.05) is 117 Å². The number of rotatable bonds is 5. The van der Waals surface area contributed by atoms with Crippen molar-refractivity contribution in [2.45, 2.75) is 33.6 Å². The van der Waals surface area contributed by atoms with Crippen LogP contribution in [0.25, 0.3) is 91.5 Å². The van der Waals surface area contributed by atoms with Gasteiger partial charge in [0.05, 0.1) is 22.4 Å². The SMILES string of the molecule is CC/C(C)=C(/C(=NC1=CC=CCC1C)c1ccc2sc3ccccc3c2c1)n1c2cc3ccccc3cc2c2cc3c4c(cccc4c21)-c1ccccc1-3. The van der Waals surface area contributed by atoms with E-state index in [1.54, 1.807) is 0 Å². The number of nitrogens with zero attached hydrogens (tertiary/aromatic N) is 2. The van der Waals surface area contributed by atoms with E-state index < -0.39 is 0 Å². The van der Waals surface area contributed by atoms with E-state index in [4.69, 9.17) is 4.99 Å². The third-order valence-electron chi connectivity index (χ3n) is 11.9. The van der Waals surface area contributed by atoms with Crippen molar-refractivity contribution in [1.82, 2.24) is 4.57 Å². The Morgan fingerprint density at radius 1 is 0.685 bits per heavy atom. The lowest BCUT2D eigenvalue weighted by Gasteiger charge is -2.22. The minimum Gasteiger partial charge on any atom is -0.306 e. The van der Waals surface area contributed by atoms with E-state index in [0.29, 0.717) is 5.92 Å². The highest BCUT2D eigenvalue weighted by Crippen LogP contribution is 2.51. The number of thiophene rings is 1. The number of aliphatic imine (C=N–C) groups is 1. The maximum absolute atomic E-state index is 5.77. The summed E-state index contributed by atoms with van der Waals surface area (Å²) in [7, 11) is 0. The molecule has 54 heavy (non-hydrogen) atoms. The topological polar surface area (TPSA) is 17.3 Å². The summed E-state index contributed by atoms with van der Waals surface area (Å²) in [5, 5.41) is 10.3. The van der Waals surface area contributed by atoms with Crippen molar-refractivity contribution in [3.05, 3.63) is 162 Å². The Hall–Kier alpha value is -6.03. The van der Waals surface area contributed by atoms with Crippen LogP contribution in [0.1, 0.15) is 39.2 Å². The van der Waals surface area contributed by atoms with Gasteiger partial charge in [0.25, 0.3) is 0 Å². The van der Waals surface area contributed by atoms with Crippen molar-refractivity contribution in [3.8, 4) is 22.3 Å². The van der Waals surface area contributed by atoms with E-state index in [2.05, 4.69) is 171 Å². The highest BCUT2D eigenvalue weighted by molar-refractivity contribution is 7.25. The lowest BCUT2D eigenvalue weighted by atomic mass is 9.96. The van der Waals surface area contributed by atoms with Crippen LogP contribution in [-0.2, 0) is 0 Å². The van der Waals surface area contributed by atoms with Crippen LogP contribution in [0, 0.1) is 5.92 Å². The Kier molecular flexibility index (Phi) is 6.99. The zero-order chi connectivity index (χ0) is 36.1. The van der Waals surface area contributed by atoms with Crippen LogP contribution >= 0.6 is 11.3 Å². The van der Waals surface area contributed by atoms with E-state index >= 15 is 0 Å². The molecule has 2 heterocycles. The molecule has 3 heteroatoms. The van der Waals surface area contributed by atoms with Gasteiger partial charge in [-0.25, -0.2) is 0 Å². The van der Waals surface area contributed by atoms with Crippen LogP contribution in [0.2, 0.25) is 0 Å². The van der Waals surface area contributed by atoms with Gasteiger partial charge in [-0.15, -0.1) is 11.3 Å². The molecule has 0 amide bonds. The molecule has 9 aromatic rings. The monoisotopic (exact) mass is 710 g/mol. The van der Waals surface area contributed by atoms with Crippen LogP contribution in [0.5, 0.6) is 0 Å². The summed E-state index contributed by atoms with van der Waals surface area (Å²) in [5.41, 5.74) is 13.5. The fourth-order valence-electron chi connectivity index (χ4n) is 9.09. The Bertz CT molecular complexity index is 3200. The summed E-state index contributed by atoms with van der Waals surface area (Å²) in [6.07, 6.45) is 8.55. The minimum absolute atomic E-state index is 0.319. The predicted molar refractivity (Wildman–Crippen MR) is 235 cm³/mol. The number of hydrogen-bond acceptors (Lipinski definition) is 2. The summed E-state index contributed by atoms with van der Waals surface area (Å²) in [4.78, 5) is 5.77. The molecule has 258 valence electrons. The molecule has 0 saturated heterocycles. The summed E-state index contributed by atoms with van der Waals surface area (Å²) in [6, 6.07) is 47.8. The number of hydrogen-bond donors (Lipinski definition) is 0. The van der Waals surface area contributed by atoms with Gasteiger partial charge >= 0.3 is 0 Å². The quantitative estimate of drug-likeness (QED) is 0.158. The molecule has 0 fully saturated rings. The predicted octanol–water partition coefficient (Wildman–Crippen LogP) is 14.7. The van der Waals surface area contributed by atoms with Crippen molar-refractivity contribution >= 4 is 86.3 Å². The molecule has 2 aliphatic carbocycles. The summed E-state index contributed by atoms with van der Waals surface area (Å²) < 4.78 is 5.22. The van der Waals surface area contributed by atoms with Gasteiger partial charge in [0.15, 0.2) is 0 Å². The van der Waals surface area contributed by atoms with Crippen LogP contribution in [0.4, 0.5) is 0 Å². The molecule has 0 N–H and O–H groups in total. The minimum atomic E-state index is 0.319. The van der Waals surface area contributed by atoms with Crippen LogP contribution in [-0.4, -0.2) is 10.3 Å². The molecule has 0 aliphatic heterocycles. The molecule has 0 radical (unpaired) electrons. The van der Waals surface area contributed by atoms with Crippen molar-refractivity contribution in [2.75, 3.05) is 0 Å². The summed E-state index contributed by atoms with van der Waals surface area (Å²) >= 11 is 1.87. The lowest BCUT2D eigenvalue weighted by Crippen LogP contribution is -2.15. The van der Waals surface area contributed by atoms with Gasteiger partial charge in [-0.05, 0) is 106 Å². The van der Waals surface area contributed by atoms with Gasteiger partial charge in [0.1, 0.15) is 0 Å². The van der Waals surface area contributed by atoms with Crippen LogP contribution in [0.15, 0.2) is 162 Å². The number of benzene rings is 7. The molecule has 2 nitrogen and oxygen atoms in total. The van der Waals surface area contributed by atoms with E-state index in [9.17, 15) is 0 Å². The summed E-state index contributed by atoms with van der Waals surface area (Å²) in [5.74, 6) is 0.319. The first kappa shape index (κ1) is 31.5. The third kappa shape index (κ3) is 4.55. The van der Waals surface area contributed by atoms with Gasteiger partial charge < -0.3 is 4.57 Å². The standard InChI is InChI=1S/C51H38N2S/c1-4-30(2)50(49(52-44-22-11-5-14-31(44)3)34-24-25-47-41(27-34)37-19-10-12-23-46(37)54-47)53-45-28-33-16-7-6-15-32(33)26-40(45)43-29-42-36-18-9-8-17-35(36)38-20-13-21-39(48(38)42)51(43)53/h5-13,15-29,31H,4,14H2,1-3H3/b50-30-,52-49?. The zero-order valence-corrected chi connectivity index (χ0v) is 31.5. The lowest BCUT2D eigenvalue weighted by molar-refractivity contribution is 0.678. The molecule has 0 bridgehead atoms. The van der Waals surface area contributed by atoms with Crippen molar-refractivity contribution in [2.24, 2.45) is 10.9 Å². The molecule has 1 atom stereocenters. The molecular weight excluding hydrogens is 673 g/mol. The van der Waals surface area contributed by atoms with Gasteiger partial charge in [0, 0.05) is 53.5 Å². The van der Waals surface area contributed by atoms with Crippen LogP contribution in [0.3, 0.4) is 0 Å². The molecule has 11 rings (SSSR count). The van der Waals surface area contributed by atoms with Crippen molar-refractivity contribution in [1.29, 1.82) is 0 Å². The average molecular weight is 711 g/mol. The second-order valence-electron chi connectivity index (χ2n) is 15.1. The first-order valence-corrected chi connectivity index (χ1v) is 20.0. The van der Waals surface area contributed by atoms with Crippen molar-refractivity contribution < 1.29 is 0 Å². The third-order valence-corrected chi connectivity index (χ3v) is 13.1. The molecule has 2 aliphatic rings. The maximum Gasteiger partial charge on any atom is 0.0945 e. The second kappa shape index (κ2) is 12.0. The molecule has 2 aromatic heterocycles. The zero-order valence-electron chi connectivity index (χ0n) is 30.7. The van der Waals surface area contributed by atoms with E-state index in [0.717, 1.165) is 29.8 Å². The number of aromatic nitrogens is 1. The van der Waals surface area contributed by atoms with Crippen LogP contribution < -0.4 is 0 Å². The molecule has 0 spiro atoms. The van der Waals surface area contributed by atoms with Gasteiger partial charge in [-0.3, -0.25) is 4.99 Å². The Morgan fingerprint density at radius 2 is 1.41 bits per heavy atom. The Balaban J connectivity index is 1.31. The van der Waals surface area contributed by atoms with Crippen molar-refractivity contribution in [3.63, 3.8) is 0 Å². The second-order valence-corrected chi connectivity index (χ2v) is 16.1. The molecule has 0 saturated carbocycles. The van der Waals surface area contributed by atoms with Gasteiger partial charge in [-0.2, -0.15) is 0 Å². The summed E-state index contributed by atoms with van der Waals surface area (Å²) in [6.45, 7) is 6.91. The Labute approximate surface area is 318 Å². The normalized spacial score (nSPS) is 15.9. The molecule has 7 aromatic carbocycles. The highest BCUT2D eigenvalue weighted by atomic mass is 32.1. The maximum atomic E-state index is 5.77. The first-order valence-electron chi connectivity index (χ1n) is 19.2. The number of fused-ring (bicyclic) bond motifs is 11. The Morgan fingerprint density at radius 3 is 2.24 bits per heavy atom. The fourth-order valence-corrected chi connectivity index (χ4v) is 10.2. The molecule has 1 unspecified atom stereocenters. The van der Waals surface area contributed by atoms with E-state index in [1.807, 2.05) is 11.3 Å². The highest BCUT2D eigenvalue weighted by Gasteiger charge is 2.28. The average Bonchev–Trinajstić information content (AvgIpc) is 3.86.